The Bertz CT molecular complexity index is 816. The SMILES string of the molecule is CC(C)n1nc(CNc2ncccn2)c2c1CN(S(C)(=O)=O)CC2. The van der Waals surface area contributed by atoms with Crippen LogP contribution in [0.3, 0.4) is 0 Å². The number of rotatable bonds is 5. The van der Waals surface area contributed by atoms with Crippen LogP contribution < -0.4 is 5.32 Å². The molecule has 0 unspecified atom stereocenters. The fourth-order valence-electron chi connectivity index (χ4n) is 2.90. The van der Waals surface area contributed by atoms with Crippen LogP contribution in [0.2, 0.25) is 0 Å². The summed E-state index contributed by atoms with van der Waals surface area (Å²) in [6.07, 6.45) is 5.29. The number of aromatic nitrogens is 4. The molecule has 9 heteroatoms. The normalized spacial score (nSPS) is 15.5. The van der Waals surface area contributed by atoms with E-state index in [-0.39, 0.29) is 6.04 Å². The molecule has 0 aromatic carbocycles. The Hall–Kier alpha value is -2.00. The number of fused-ring (bicyclic) bond motifs is 1. The minimum Gasteiger partial charge on any atom is -0.348 e. The molecule has 0 saturated heterocycles. The Labute approximate surface area is 142 Å². The number of nitrogens with zero attached hydrogens (tertiary/aromatic N) is 5. The van der Waals surface area contributed by atoms with Crippen molar-refractivity contribution in [2.45, 2.75) is 39.4 Å². The van der Waals surface area contributed by atoms with Crippen LogP contribution in [0.25, 0.3) is 0 Å². The molecule has 2 aromatic rings. The largest absolute Gasteiger partial charge is 0.348 e. The highest BCUT2D eigenvalue weighted by atomic mass is 32.2. The van der Waals surface area contributed by atoms with Gasteiger partial charge < -0.3 is 5.32 Å². The van der Waals surface area contributed by atoms with E-state index in [1.54, 1.807) is 18.5 Å². The Morgan fingerprint density at radius 3 is 2.62 bits per heavy atom. The van der Waals surface area contributed by atoms with Gasteiger partial charge in [-0.05, 0) is 26.3 Å². The fraction of sp³-hybridized carbons (Fsp3) is 0.533. The van der Waals surface area contributed by atoms with Crippen LogP contribution in [0.1, 0.15) is 36.8 Å². The van der Waals surface area contributed by atoms with E-state index in [0.29, 0.717) is 32.0 Å². The summed E-state index contributed by atoms with van der Waals surface area (Å²) in [6.45, 7) is 5.48. The van der Waals surface area contributed by atoms with Crippen molar-refractivity contribution in [1.29, 1.82) is 0 Å². The van der Waals surface area contributed by atoms with Gasteiger partial charge in [0.1, 0.15) is 0 Å². The van der Waals surface area contributed by atoms with E-state index in [2.05, 4.69) is 15.3 Å². The molecule has 0 spiro atoms. The van der Waals surface area contributed by atoms with Gasteiger partial charge in [-0.2, -0.15) is 9.40 Å². The van der Waals surface area contributed by atoms with Gasteiger partial charge in [0.15, 0.2) is 0 Å². The second-order valence-corrected chi connectivity index (χ2v) is 8.17. The van der Waals surface area contributed by atoms with Gasteiger partial charge in [0.05, 0.1) is 30.7 Å². The summed E-state index contributed by atoms with van der Waals surface area (Å²) in [5.41, 5.74) is 3.04. The minimum atomic E-state index is -3.20. The summed E-state index contributed by atoms with van der Waals surface area (Å²) in [4.78, 5) is 8.30. The minimum absolute atomic E-state index is 0.167. The van der Waals surface area contributed by atoms with Gasteiger partial charge in [0.2, 0.25) is 16.0 Å². The van der Waals surface area contributed by atoms with Gasteiger partial charge in [-0.3, -0.25) is 4.68 Å². The molecule has 24 heavy (non-hydrogen) atoms. The molecular formula is C15H22N6O2S. The first kappa shape index (κ1) is 16.8. The lowest BCUT2D eigenvalue weighted by atomic mass is 10.1. The summed E-state index contributed by atoms with van der Waals surface area (Å²) in [6, 6.07) is 1.93. The predicted octanol–water partition coefficient (Wildman–Crippen LogP) is 1.18. The third kappa shape index (κ3) is 3.41. The number of hydrogen-bond donors (Lipinski definition) is 1. The summed E-state index contributed by atoms with van der Waals surface area (Å²) in [5.74, 6) is 0.555. The number of hydrogen-bond acceptors (Lipinski definition) is 6. The molecule has 1 aliphatic heterocycles. The zero-order valence-electron chi connectivity index (χ0n) is 14.1. The maximum atomic E-state index is 11.9. The molecule has 130 valence electrons. The van der Waals surface area contributed by atoms with Crippen LogP contribution >= 0.6 is 0 Å². The molecule has 0 radical (unpaired) electrons. The smallest absolute Gasteiger partial charge is 0.222 e. The second kappa shape index (κ2) is 6.48. The van der Waals surface area contributed by atoms with Crippen molar-refractivity contribution in [3.05, 3.63) is 35.4 Å². The Balaban J connectivity index is 1.87. The molecule has 2 aromatic heterocycles. The van der Waals surface area contributed by atoms with Crippen molar-refractivity contribution in [2.24, 2.45) is 0 Å². The molecule has 0 aliphatic carbocycles. The molecule has 0 bridgehead atoms. The quantitative estimate of drug-likeness (QED) is 0.870. The standard InChI is InChI=1S/C15H22N6O2S/c1-11(2)21-14-10-20(24(3,22)23)8-5-12(14)13(19-21)9-18-15-16-6-4-7-17-15/h4,6-7,11H,5,8-10H2,1-3H3,(H,16,17,18). The van der Waals surface area contributed by atoms with E-state index >= 15 is 0 Å². The molecular weight excluding hydrogens is 328 g/mol. The van der Waals surface area contributed by atoms with Crippen molar-refractivity contribution >= 4 is 16.0 Å². The van der Waals surface area contributed by atoms with E-state index in [9.17, 15) is 8.42 Å². The lowest BCUT2D eigenvalue weighted by molar-refractivity contribution is 0.369. The average Bonchev–Trinajstić information content (AvgIpc) is 2.91. The van der Waals surface area contributed by atoms with Crippen LogP contribution in [0.5, 0.6) is 0 Å². The van der Waals surface area contributed by atoms with E-state index < -0.39 is 10.0 Å². The Morgan fingerprint density at radius 1 is 1.29 bits per heavy atom. The second-order valence-electron chi connectivity index (χ2n) is 6.18. The van der Waals surface area contributed by atoms with Gasteiger partial charge in [-0.1, -0.05) is 0 Å². The van der Waals surface area contributed by atoms with Crippen molar-refractivity contribution in [2.75, 3.05) is 18.1 Å². The highest BCUT2D eigenvalue weighted by Crippen LogP contribution is 2.26. The molecule has 0 atom stereocenters. The lowest BCUT2D eigenvalue weighted by Gasteiger charge is -2.26. The molecule has 0 fully saturated rings. The van der Waals surface area contributed by atoms with Crippen molar-refractivity contribution in [3.63, 3.8) is 0 Å². The third-order valence-corrected chi connectivity index (χ3v) is 5.33. The van der Waals surface area contributed by atoms with Crippen LogP contribution in [0, 0.1) is 0 Å². The van der Waals surface area contributed by atoms with E-state index in [4.69, 9.17) is 5.10 Å². The van der Waals surface area contributed by atoms with Crippen molar-refractivity contribution in [1.82, 2.24) is 24.1 Å². The summed E-state index contributed by atoms with van der Waals surface area (Å²) in [7, 11) is -3.20. The highest BCUT2D eigenvalue weighted by molar-refractivity contribution is 7.88. The van der Waals surface area contributed by atoms with Gasteiger partial charge in [-0.25, -0.2) is 18.4 Å². The Morgan fingerprint density at radius 2 is 2.00 bits per heavy atom. The van der Waals surface area contributed by atoms with E-state index in [1.165, 1.54) is 10.6 Å². The zero-order valence-corrected chi connectivity index (χ0v) is 14.9. The molecule has 0 amide bonds. The van der Waals surface area contributed by atoms with Crippen LogP contribution in [0.4, 0.5) is 5.95 Å². The number of sulfonamides is 1. The van der Waals surface area contributed by atoms with Gasteiger partial charge in [0, 0.05) is 30.5 Å². The summed E-state index contributed by atoms with van der Waals surface area (Å²) in [5, 5.41) is 7.87. The first-order valence-corrected chi connectivity index (χ1v) is 9.76. The first-order chi connectivity index (χ1) is 11.4. The molecule has 0 saturated carbocycles. The number of nitrogens with one attached hydrogen (secondary N) is 1. The summed E-state index contributed by atoms with van der Waals surface area (Å²) >= 11 is 0. The third-order valence-electron chi connectivity index (χ3n) is 4.08. The van der Waals surface area contributed by atoms with Crippen LogP contribution in [0.15, 0.2) is 18.5 Å². The van der Waals surface area contributed by atoms with Gasteiger partial charge in [-0.15, -0.1) is 0 Å². The first-order valence-electron chi connectivity index (χ1n) is 7.91. The zero-order chi connectivity index (χ0) is 17.3. The maximum Gasteiger partial charge on any atom is 0.222 e. The van der Waals surface area contributed by atoms with Crippen molar-refractivity contribution < 1.29 is 8.42 Å². The molecule has 1 N–H and O–H groups in total. The molecule has 3 heterocycles. The van der Waals surface area contributed by atoms with Crippen LogP contribution in [-0.2, 0) is 29.5 Å². The lowest BCUT2D eigenvalue weighted by Crippen LogP contribution is -2.36. The van der Waals surface area contributed by atoms with Gasteiger partial charge >= 0.3 is 0 Å². The highest BCUT2D eigenvalue weighted by Gasteiger charge is 2.29. The maximum absolute atomic E-state index is 11.9. The number of anilines is 1. The molecule has 3 rings (SSSR count). The van der Waals surface area contributed by atoms with E-state index in [1.807, 2.05) is 18.5 Å². The topological polar surface area (TPSA) is 93.0 Å². The van der Waals surface area contributed by atoms with Crippen molar-refractivity contribution in [3.8, 4) is 0 Å². The fourth-order valence-corrected chi connectivity index (χ4v) is 3.68. The van der Waals surface area contributed by atoms with Crippen LogP contribution in [-0.4, -0.2) is 45.3 Å². The molecule has 1 aliphatic rings. The van der Waals surface area contributed by atoms with E-state index in [0.717, 1.165) is 17.0 Å². The Kier molecular flexibility index (Phi) is 4.55. The molecule has 8 nitrogen and oxygen atoms in total. The predicted molar refractivity (Wildman–Crippen MR) is 90.9 cm³/mol. The monoisotopic (exact) mass is 350 g/mol. The summed E-state index contributed by atoms with van der Waals surface area (Å²) < 4.78 is 27.2. The average molecular weight is 350 g/mol. The van der Waals surface area contributed by atoms with Gasteiger partial charge in [0.25, 0.3) is 0 Å².